The second kappa shape index (κ2) is 6.85. The third-order valence-corrected chi connectivity index (χ3v) is 4.03. The van der Waals surface area contributed by atoms with Gasteiger partial charge in [-0.2, -0.15) is 10.4 Å². The zero-order chi connectivity index (χ0) is 16.9. The number of rotatable bonds is 4. The van der Waals surface area contributed by atoms with Gasteiger partial charge in [0.15, 0.2) is 5.82 Å². The van der Waals surface area contributed by atoms with Gasteiger partial charge in [-0.3, -0.25) is 14.5 Å². The maximum atomic E-state index is 12.2. The van der Waals surface area contributed by atoms with Crippen LogP contribution in [0.4, 0.5) is 5.82 Å². The van der Waals surface area contributed by atoms with E-state index in [1.165, 1.54) is 17.4 Å². The van der Waals surface area contributed by atoms with Crippen molar-refractivity contribution in [2.45, 2.75) is 0 Å². The number of carbonyl (C=O) groups is 1. The molecule has 0 saturated heterocycles. The lowest BCUT2D eigenvalue weighted by atomic mass is 10.2. The Morgan fingerprint density at radius 2 is 2.29 bits per heavy atom. The fourth-order valence-electron chi connectivity index (χ4n) is 1.93. The highest BCUT2D eigenvalue weighted by molar-refractivity contribution is 7.15. The molecule has 0 bridgehead atoms. The van der Waals surface area contributed by atoms with Gasteiger partial charge >= 0.3 is 0 Å². The van der Waals surface area contributed by atoms with E-state index in [0.717, 1.165) is 10.6 Å². The van der Waals surface area contributed by atoms with Gasteiger partial charge < -0.3 is 5.32 Å². The van der Waals surface area contributed by atoms with Gasteiger partial charge in [-0.25, -0.2) is 4.98 Å². The minimum atomic E-state index is -0.507. The summed E-state index contributed by atoms with van der Waals surface area (Å²) in [6, 6.07) is 7.29. The summed E-state index contributed by atoms with van der Waals surface area (Å²) in [4.78, 5) is 21.2. The van der Waals surface area contributed by atoms with E-state index in [1.807, 2.05) is 18.2 Å². The number of hydrogen-bond donors (Lipinski definition) is 1. The van der Waals surface area contributed by atoms with Crippen LogP contribution in [0.1, 0.15) is 4.88 Å². The molecular weight excluding hydrogens is 324 g/mol. The van der Waals surface area contributed by atoms with Gasteiger partial charge in [0.05, 0.1) is 0 Å². The zero-order valence-electron chi connectivity index (χ0n) is 12.7. The standard InChI is InChI=1S/C16H12N6OS/c1-22-6-4-14(21-22)20-15(23)12(8-17)7-13-10-19-16(24-13)11-3-2-5-18-9-11/h2-7,9-10H,1H3,(H,20,21,23)/b12-7+. The van der Waals surface area contributed by atoms with Gasteiger partial charge in [0.25, 0.3) is 5.91 Å². The molecule has 3 aromatic rings. The van der Waals surface area contributed by atoms with E-state index in [0.29, 0.717) is 10.7 Å². The maximum absolute atomic E-state index is 12.2. The Labute approximate surface area is 141 Å². The molecule has 0 aliphatic carbocycles. The second-order valence-corrected chi connectivity index (χ2v) is 5.87. The molecule has 7 nitrogen and oxygen atoms in total. The van der Waals surface area contributed by atoms with Crippen molar-refractivity contribution in [2.75, 3.05) is 5.32 Å². The third-order valence-electron chi connectivity index (χ3n) is 3.04. The first-order chi connectivity index (χ1) is 11.7. The highest BCUT2D eigenvalue weighted by atomic mass is 32.1. The van der Waals surface area contributed by atoms with Gasteiger partial charge in [0.1, 0.15) is 16.6 Å². The SMILES string of the molecule is Cn1ccc(NC(=O)/C(C#N)=C/c2cnc(-c3cccnc3)s2)n1. The topological polar surface area (TPSA) is 96.5 Å². The summed E-state index contributed by atoms with van der Waals surface area (Å²) >= 11 is 1.38. The Morgan fingerprint density at radius 3 is 2.96 bits per heavy atom. The molecule has 0 atom stereocenters. The van der Waals surface area contributed by atoms with Crippen LogP contribution in [0, 0.1) is 11.3 Å². The lowest BCUT2D eigenvalue weighted by Gasteiger charge is -1.99. The molecule has 0 unspecified atom stereocenters. The highest BCUT2D eigenvalue weighted by Crippen LogP contribution is 2.25. The number of aromatic nitrogens is 4. The summed E-state index contributed by atoms with van der Waals surface area (Å²) in [6.45, 7) is 0. The van der Waals surface area contributed by atoms with Crippen LogP contribution in [0.2, 0.25) is 0 Å². The number of hydrogen-bond acceptors (Lipinski definition) is 6. The van der Waals surface area contributed by atoms with Gasteiger partial charge in [-0.15, -0.1) is 11.3 Å². The lowest BCUT2D eigenvalue weighted by Crippen LogP contribution is -2.13. The first-order valence-corrected chi connectivity index (χ1v) is 7.76. The van der Waals surface area contributed by atoms with E-state index in [4.69, 9.17) is 0 Å². The largest absolute Gasteiger partial charge is 0.304 e. The molecule has 0 aromatic carbocycles. The number of anilines is 1. The molecule has 8 heteroatoms. The summed E-state index contributed by atoms with van der Waals surface area (Å²) in [5.74, 6) is -0.114. The molecule has 0 radical (unpaired) electrons. The normalized spacial score (nSPS) is 11.1. The predicted octanol–water partition coefficient (Wildman–Crippen LogP) is 2.48. The Bertz CT molecular complexity index is 935. The Hall–Kier alpha value is -3.31. The van der Waals surface area contributed by atoms with Crippen LogP contribution >= 0.6 is 11.3 Å². The molecular formula is C16H12N6OS. The van der Waals surface area contributed by atoms with Crippen LogP contribution in [0.15, 0.2) is 48.6 Å². The summed E-state index contributed by atoms with van der Waals surface area (Å²) in [5, 5.41) is 16.6. The molecule has 0 fully saturated rings. The average molecular weight is 336 g/mol. The van der Waals surface area contributed by atoms with E-state index in [2.05, 4.69) is 20.4 Å². The van der Waals surface area contributed by atoms with Crippen molar-refractivity contribution in [2.24, 2.45) is 7.05 Å². The number of carbonyl (C=O) groups excluding carboxylic acids is 1. The monoisotopic (exact) mass is 336 g/mol. The lowest BCUT2D eigenvalue weighted by molar-refractivity contribution is -0.112. The van der Waals surface area contributed by atoms with Crippen molar-refractivity contribution in [3.05, 3.63) is 53.4 Å². The van der Waals surface area contributed by atoms with Crippen LogP contribution in [-0.2, 0) is 11.8 Å². The maximum Gasteiger partial charge on any atom is 0.267 e. The molecule has 0 aliphatic heterocycles. The van der Waals surface area contributed by atoms with Crippen LogP contribution in [-0.4, -0.2) is 25.7 Å². The summed E-state index contributed by atoms with van der Waals surface area (Å²) in [5.41, 5.74) is 0.876. The number of nitriles is 1. The average Bonchev–Trinajstić information content (AvgIpc) is 3.22. The number of pyridine rings is 1. The van der Waals surface area contributed by atoms with Gasteiger partial charge in [0.2, 0.25) is 0 Å². The number of nitrogens with one attached hydrogen (secondary N) is 1. The van der Waals surface area contributed by atoms with Gasteiger partial charge in [0, 0.05) is 48.3 Å². The van der Waals surface area contributed by atoms with Gasteiger partial charge in [-0.05, 0) is 18.2 Å². The minimum Gasteiger partial charge on any atom is -0.304 e. The number of aryl methyl sites for hydroxylation is 1. The van der Waals surface area contributed by atoms with Crippen molar-refractivity contribution in [1.82, 2.24) is 19.7 Å². The van der Waals surface area contributed by atoms with E-state index in [9.17, 15) is 10.1 Å². The predicted molar refractivity (Wildman–Crippen MR) is 90.8 cm³/mol. The molecule has 118 valence electrons. The third kappa shape index (κ3) is 3.53. The molecule has 1 amide bonds. The molecule has 1 N–H and O–H groups in total. The fourth-order valence-corrected chi connectivity index (χ4v) is 2.78. The summed E-state index contributed by atoms with van der Waals surface area (Å²) in [7, 11) is 1.74. The number of nitrogens with zero attached hydrogens (tertiary/aromatic N) is 5. The summed E-state index contributed by atoms with van der Waals surface area (Å²) < 4.78 is 1.56. The van der Waals surface area contributed by atoms with Gasteiger partial charge in [-0.1, -0.05) is 0 Å². The van der Waals surface area contributed by atoms with E-state index >= 15 is 0 Å². The summed E-state index contributed by atoms with van der Waals surface area (Å²) in [6.07, 6.45) is 8.24. The fraction of sp³-hybridized carbons (Fsp3) is 0.0625. The van der Waals surface area contributed by atoms with Crippen LogP contribution in [0.25, 0.3) is 16.6 Å². The molecule has 3 aromatic heterocycles. The van der Waals surface area contributed by atoms with E-state index < -0.39 is 5.91 Å². The molecule has 0 aliphatic rings. The number of thiazole rings is 1. The Balaban J connectivity index is 1.79. The molecule has 3 heterocycles. The number of amides is 1. The van der Waals surface area contributed by atoms with Crippen LogP contribution in [0.3, 0.4) is 0 Å². The van der Waals surface area contributed by atoms with Crippen molar-refractivity contribution in [1.29, 1.82) is 5.26 Å². The van der Waals surface area contributed by atoms with Crippen molar-refractivity contribution in [3.63, 3.8) is 0 Å². The quantitative estimate of drug-likeness (QED) is 0.583. The van der Waals surface area contributed by atoms with Crippen molar-refractivity contribution in [3.8, 4) is 16.6 Å². The van der Waals surface area contributed by atoms with Crippen molar-refractivity contribution < 1.29 is 4.79 Å². The molecule has 0 spiro atoms. The van der Waals surface area contributed by atoms with Crippen LogP contribution in [0.5, 0.6) is 0 Å². The highest BCUT2D eigenvalue weighted by Gasteiger charge is 2.12. The first kappa shape index (κ1) is 15.6. The second-order valence-electron chi connectivity index (χ2n) is 4.81. The van der Waals surface area contributed by atoms with Crippen molar-refractivity contribution >= 4 is 29.1 Å². The molecule has 3 rings (SSSR count). The van der Waals surface area contributed by atoms with Crippen LogP contribution < -0.4 is 5.32 Å². The molecule has 24 heavy (non-hydrogen) atoms. The Kier molecular flexibility index (Phi) is 4.45. The minimum absolute atomic E-state index is 0.0120. The first-order valence-electron chi connectivity index (χ1n) is 6.95. The van der Waals surface area contributed by atoms with E-state index in [1.54, 1.807) is 42.6 Å². The van der Waals surface area contributed by atoms with E-state index in [-0.39, 0.29) is 5.57 Å². The smallest absolute Gasteiger partial charge is 0.267 e. The zero-order valence-corrected chi connectivity index (χ0v) is 13.5. The Morgan fingerprint density at radius 1 is 1.42 bits per heavy atom. The molecule has 0 saturated carbocycles.